The van der Waals surface area contributed by atoms with Crippen molar-refractivity contribution in [2.75, 3.05) is 40.9 Å². The first-order valence-electron chi connectivity index (χ1n) is 10.6. The zero-order valence-electron chi connectivity index (χ0n) is 19.3. The summed E-state index contributed by atoms with van der Waals surface area (Å²) < 4.78 is 10.8. The molecule has 0 saturated heterocycles. The molecule has 1 amide bonds. The Morgan fingerprint density at radius 1 is 1.16 bits per heavy atom. The van der Waals surface area contributed by atoms with Gasteiger partial charge < -0.3 is 24.6 Å². The molecule has 174 valence electrons. The molecular formula is C24H33IN4O3. The maximum atomic E-state index is 12.8. The lowest BCUT2D eigenvalue weighted by Gasteiger charge is -2.29. The van der Waals surface area contributed by atoms with E-state index in [9.17, 15) is 4.79 Å². The lowest BCUT2D eigenvalue weighted by atomic mass is 10.00. The van der Waals surface area contributed by atoms with Crippen molar-refractivity contribution >= 4 is 35.8 Å². The molecule has 8 heteroatoms. The van der Waals surface area contributed by atoms with E-state index >= 15 is 0 Å². The van der Waals surface area contributed by atoms with E-state index in [0.29, 0.717) is 25.6 Å². The smallest absolute Gasteiger partial charge is 0.244 e. The fraction of sp³-hybridized carbons (Fsp3) is 0.417. The Hall–Kier alpha value is -2.49. The molecule has 2 aromatic carbocycles. The Kier molecular flexibility index (Phi) is 10.1. The van der Waals surface area contributed by atoms with Crippen molar-refractivity contribution in [1.82, 2.24) is 15.1 Å². The number of guanidine groups is 1. The maximum absolute atomic E-state index is 12.8. The van der Waals surface area contributed by atoms with Gasteiger partial charge in [-0.2, -0.15) is 0 Å². The number of methoxy groups -OCH3 is 2. The molecule has 0 aromatic heterocycles. The molecule has 0 saturated carbocycles. The van der Waals surface area contributed by atoms with Crippen LogP contribution in [0.2, 0.25) is 0 Å². The third kappa shape index (κ3) is 6.51. The average Bonchev–Trinajstić information content (AvgIpc) is 2.81. The van der Waals surface area contributed by atoms with E-state index in [4.69, 9.17) is 9.47 Å². The van der Waals surface area contributed by atoms with Crippen molar-refractivity contribution in [1.29, 1.82) is 0 Å². The summed E-state index contributed by atoms with van der Waals surface area (Å²) in [6.07, 6.45) is 0.892. The van der Waals surface area contributed by atoms with Gasteiger partial charge in [0.05, 0.1) is 14.2 Å². The van der Waals surface area contributed by atoms with Crippen LogP contribution in [0.25, 0.3) is 0 Å². The summed E-state index contributed by atoms with van der Waals surface area (Å²) in [5, 5.41) is 3.28. The number of aliphatic imine (C=N–C) groups is 1. The largest absolute Gasteiger partial charge is 0.497 e. The first-order chi connectivity index (χ1) is 15.0. The Morgan fingerprint density at radius 3 is 2.59 bits per heavy atom. The summed E-state index contributed by atoms with van der Waals surface area (Å²) in [7, 11) is 5.23. The van der Waals surface area contributed by atoms with Crippen molar-refractivity contribution in [2.45, 2.75) is 26.4 Å². The Morgan fingerprint density at radius 2 is 1.91 bits per heavy atom. The quantitative estimate of drug-likeness (QED) is 0.325. The molecule has 0 fully saturated rings. The molecule has 0 aliphatic carbocycles. The van der Waals surface area contributed by atoms with Crippen LogP contribution in [0.1, 0.15) is 23.6 Å². The van der Waals surface area contributed by atoms with Crippen LogP contribution < -0.4 is 14.8 Å². The lowest BCUT2D eigenvalue weighted by molar-refractivity contribution is -0.130. The van der Waals surface area contributed by atoms with Gasteiger partial charge in [-0.1, -0.05) is 24.3 Å². The second-order valence-electron chi connectivity index (χ2n) is 7.54. The van der Waals surface area contributed by atoms with Crippen LogP contribution in [0.15, 0.2) is 47.5 Å². The van der Waals surface area contributed by atoms with Gasteiger partial charge in [-0.05, 0) is 36.6 Å². The topological polar surface area (TPSA) is 66.4 Å². The molecule has 7 nitrogen and oxygen atoms in total. The predicted molar refractivity (Wildman–Crippen MR) is 138 cm³/mol. The number of hydrogen-bond donors (Lipinski definition) is 1. The molecule has 1 N–H and O–H groups in total. The van der Waals surface area contributed by atoms with E-state index in [2.05, 4.69) is 28.5 Å². The number of amides is 1. The second kappa shape index (κ2) is 12.5. The van der Waals surface area contributed by atoms with Gasteiger partial charge in [0, 0.05) is 44.9 Å². The van der Waals surface area contributed by atoms with Crippen LogP contribution >= 0.6 is 24.0 Å². The van der Waals surface area contributed by atoms with Gasteiger partial charge in [0.2, 0.25) is 5.91 Å². The molecule has 1 heterocycles. The van der Waals surface area contributed by atoms with Crippen molar-refractivity contribution in [3.05, 3.63) is 59.2 Å². The van der Waals surface area contributed by atoms with Crippen LogP contribution in [0, 0.1) is 0 Å². The van der Waals surface area contributed by atoms with Crippen LogP contribution in [0.5, 0.6) is 11.5 Å². The van der Waals surface area contributed by atoms with Gasteiger partial charge in [-0.15, -0.1) is 24.0 Å². The van der Waals surface area contributed by atoms with Crippen molar-refractivity contribution < 1.29 is 14.3 Å². The molecule has 0 unspecified atom stereocenters. The highest BCUT2D eigenvalue weighted by Gasteiger charge is 2.20. The van der Waals surface area contributed by atoms with Crippen molar-refractivity contribution in [2.24, 2.45) is 4.99 Å². The van der Waals surface area contributed by atoms with Crippen LogP contribution in [0.3, 0.4) is 0 Å². The SMILES string of the molecule is CCNC(=NCC(=O)N1CCc2ccccc2C1)N(C)Cc1ccc(OC)cc1OC.I. The third-order valence-electron chi connectivity index (χ3n) is 5.45. The summed E-state index contributed by atoms with van der Waals surface area (Å²) in [5.74, 6) is 2.23. The van der Waals surface area contributed by atoms with Crippen molar-refractivity contribution in [3.63, 3.8) is 0 Å². The molecule has 0 atom stereocenters. The molecule has 0 spiro atoms. The van der Waals surface area contributed by atoms with E-state index in [1.165, 1.54) is 11.1 Å². The molecule has 0 bridgehead atoms. The molecular weight excluding hydrogens is 519 g/mol. The fourth-order valence-corrected chi connectivity index (χ4v) is 3.73. The summed E-state index contributed by atoms with van der Waals surface area (Å²) in [6, 6.07) is 14.1. The molecule has 3 rings (SSSR count). The fourth-order valence-electron chi connectivity index (χ4n) is 3.73. The van der Waals surface area contributed by atoms with Gasteiger partial charge >= 0.3 is 0 Å². The highest BCUT2D eigenvalue weighted by molar-refractivity contribution is 14.0. The second-order valence-corrected chi connectivity index (χ2v) is 7.54. The molecule has 0 radical (unpaired) electrons. The molecule has 1 aliphatic rings. The van der Waals surface area contributed by atoms with Crippen LogP contribution in [0.4, 0.5) is 0 Å². The lowest BCUT2D eigenvalue weighted by Crippen LogP contribution is -2.41. The van der Waals surface area contributed by atoms with E-state index in [0.717, 1.165) is 30.0 Å². The number of carbonyl (C=O) groups excluding carboxylic acids is 1. The Balaban J connectivity index is 0.00000363. The van der Waals surface area contributed by atoms with Gasteiger partial charge in [-0.3, -0.25) is 4.79 Å². The van der Waals surface area contributed by atoms with Gasteiger partial charge in [0.25, 0.3) is 0 Å². The van der Waals surface area contributed by atoms with Crippen LogP contribution in [-0.2, 0) is 24.3 Å². The molecule has 1 aliphatic heterocycles. The standard InChI is InChI=1S/C24H32N4O3.HI/c1-5-25-24(27(2)16-20-10-11-21(30-3)14-22(20)31-4)26-15-23(29)28-13-12-18-8-6-7-9-19(18)17-28;/h6-11,14H,5,12-13,15-17H2,1-4H3,(H,25,26);1H. The number of ether oxygens (including phenoxy) is 2. The number of halogens is 1. The number of carbonyl (C=O) groups is 1. The number of benzene rings is 2. The number of nitrogens with one attached hydrogen (secondary N) is 1. The summed E-state index contributed by atoms with van der Waals surface area (Å²) in [5.41, 5.74) is 3.56. The highest BCUT2D eigenvalue weighted by atomic mass is 127. The summed E-state index contributed by atoms with van der Waals surface area (Å²) in [6.45, 7) is 4.83. The number of hydrogen-bond acceptors (Lipinski definition) is 4. The van der Waals surface area contributed by atoms with E-state index in [1.807, 2.05) is 48.0 Å². The van der Waals surface area contributed by atoms with Gasteiger partial charge in [0.15, 0.2) is 5.96 Å². The monoisotopic (exact) mass is 552 g/mol. The molecule has 32 heavy (non-hydrogen) atoms. The average molecular weight is 552 g/mol. The summed E-state index contributed by atoms with van der Waals surface area (Å²) in [4.78, 5) is 21.3. The zero-order valence-corrected chi connectivity index (χ0v) is 21.6. The minimum absolute atomic E-state index is 0. The third-order valence-corrected chi connectivity index (χ3v) is 5.45. The van der Waals surface area contributed by atoms with Crippen LogP contribution in [-0.4, -0.2) is 62.6 Å². The van der Waals surface area contributed by atoms with Gasteiger partial charge in [-0.25, -0.2) is 4.99 Å². The van der Waals surface area contributed by atoms with E-state index in [-0.39, 0.29) is 36.4 Å². The summed E-state index contributed by atoms with van der Waals surface area (Å²) >= 11 is 0. The first kappa shape index (κ1) is 25.8. The maximum Gasteiger partial charge on any atom is 0.244 e. The first-order valence-corrected chi connectivity index (χ1v) is 10.6. The van der Waals surface area contributed by atoms with E-state index in [1.54, 1.807) is 14.2 Å². The molecule has 2 aromatic rings. The predicted octanol–water partition coefficient (Wildman–Crippen LogP) is 3.30. The van der Waals surface area contributed by atoms with Gasteiger partial charge in [0.1, 0.15) is 18.0 Å². The minimum Gasteiger partial charge on any atom is -0.497 e. The highest BCUT2D eigenvalue weighted by Crippen LogP contribution is 2.25. The number of rotatable bonds is 7. The normalized spacial score (nSPS) is 13.0. The number of nitrogens with zero attached hydrogens (tertiary/aromatic N) is 3. The Bertz CT molecular complexity index is 935. The number of fused-ring (bicyclic) bond motifs is 1. The minimum atomic E-state index is 0. The zero-order chi connectivity index (χ0) is 22.2. The Labute approximate surface area is 207 Å². The van der Waals surface area contributed by atoms with Crippen molar-refractivity contribution in [3.8, 4) is 11.5 Å². The van der Waals surface area contributed by atoms with E-state index < -0.39 is 0 Å².